The van der Waals surface area contributed by atoms with E-state index >= 15 is 0 Å². The van der Waals surface area contributed by atoms with Crippen molar-refractivity contribution in [2.24, 2.45) is 0 Å². The van der Waals surface area contributed by atoms with Crippen molar-refractivity contribution >= 4 is 29.1 Å². The Balaban J connectivity index is 1.36. The predicted octanol–water partition coefficient (Wildman–Crippen LogP) is 3.89. The van der Waals surface area contributed by atoms with E-state index < -0.39 is 0 Å². The van der Waals surface area contributed by atoms with Crippen molar-refractivity contribution in [3.8, 4) is 11.5 Å². The zero-order valence-corrected chi connectivity index (χ0v) is 16.0. The van der Waals surface area contributed by atoms with Gasteiger partial charge in [0, 0.05) is 17.8 Å². The van der Waals surface area contributed by atoms with Gasteiger partial charge in [0.25, 0.3) is 11.8 Å². The van der Waals surface area contributed by atoms with Crippen LogP contribution in [0.25, 0.3) is 0 Å². The number of amides is 2. The summed E-state index contributed by atoms with van der Waals surface area (Å²) in [6.45, 7) is 1.16. The molecule has 3 aromatic rings. The number of hydrogen-bond donors (Lipinski definition) is 2. The van der Waals surface area contributed by atoms with E-state index in [2.05, 4.69) is 10.6 Å². The van der Waals surface area contributed by atoms with E-state index in [0.717, 1.165) is 5.56 Å². The third-order valence-electron chi connectivity index (χ3n) is 4.27. The topological polar surface area (TPSA) is 89.8 Å². The zero-order valence-electron chi connectivity index (χ0n) is 15.2. The Morgan fingerprint density at radius 3 is 2.55 bits per heavy atom. The Morgan fingerprint density at radius 2 is 1.79 bits per heavy atom. The van der Waals surface area contributed by atoms with Gasteiger partial charge in [-0.2, -0.15) is 0 Å². The normalized spacial score (nSPS) is 12.3. The minimum atomic E-state index is -0.327. The first-order chi connectivity index (χ1) is 14.1. The molecule has 0 spiro atoms. The van der Waals surface area contributed by atoms with Gasteiger partial charge in [-0.3, -0.25) is 9.59 Å². The second kappa shape index (κ2) is 8.28. The molecule has 4 rings (SSSR count). The first kappa shape index (κ1) is 18.9. The molecule has 0 fully saturated rings. The van der Waals surface area contributed by atoms with Crippen molar-refractivity contribution in [3.05, 3.63) is 76.7 Å². The average Bonchev–Trinajstić information content (AvgIpc) is 3.28. The van der Waals surface area contributed by atoms with Gasteiger partial charge in [0.1, 0.15) is 13.2 Å². The van der Waals surface area contributed by atoms with Crippen molar-refractivity contribution < 1.29 is 23.5 Å². The summed E-state index contributed by atoms with van der Waals surface area (Å²) in [4.78, 5) is 24.4. The van der Waals surface area contributed by atoms with Crippen molar-refractivity contribution in [2.75, 3.05) is 18.5 Å². The molecule has 2 amide bonds. The van der Waals surface area contributed by atoms with Crippen LogP contribution in [0.2, 0.25) is 5.02 Å². The van der Waals surface area contributed by atoms with Crippen LogP contribution in [0.3, 0.4) is 0 Å². The quantitative estimate of drug-likeness (QED) is 0.663. The Hall–Kier alpha value is -3.45. The molecular weight excluding hydrogens is 396 g/mol. The first-order valence-electron chi connectivity index (χ1n) is 8.91. The van der Waals surface area contributed by atoms with Crippen LogP contribution >= 0.6 is 11.6 Å². The van der Waals surface area contributed by atoms with Gasteiger partial charge in [-0.1, -0.05) is 23.7 Å². The van der Waals surface area contributed by atoms with Gasteiger partial charge in [0.2, 0.25) is 0 Å². The maximum atomic E-state index is 12.5. The molecule has 8 heteroatoms. The Bertz CT molecular complexity index is 1030. The van der Waals surface area contributed by atoms with Crippen LogP contribution in [0.1, 0.15) is 26.5 Å². The van der Waals surface area contributed by atoms with Gasteiger partial charge in [0.15, 0.2) is 17.3 Å². The van der Waals surface area contributed by atoms with Crippen LogP contribution in [0.5, 0.6) is 11.5 Å². The third kappa shape index (κ3) is 4.35. The Kier molecular flexibility index (Phi) is 5.39. The molecule has 0 unspecified atom stereocenters. The molecule has 0 aliphatic carbocycles. The lowest BCUT2D eigenvalue weighted by Gasteiger charge is -2.20. The number of benzene rings is 2. The van der Waals surface area contributed by atoms with Crippen molar-refractivity contribution in [1.82, 2.24) is 5.32 Å². The van der Waals surface area contributed by atoms with Gasteiger partial charge in [-0.05, 0) is 42.0 Å². The standard InChI is InChI=1S/C21H17ClN2O5/c22-16-10-14(11-18-19(16)29-9-8-28-18)20(25)23-12-13-3-5-15(6-4-13)24-21(26)17-2-1-7-27-17/h1-7,10-11H,8-9,12H2,(H,23,25)(H,24,26). The largest absolute Gasteiger partial charge is 0.486 e. The molecule has 0 saturated heterocycles. The number of carbonyl (C=O) groups is 2. The van der Waals surface area contributed by atoms with Gasteiger partial charge in [-0.25, -0.2) is 0 Å². The SMILES string of the molecule is O=C(NCc1ccc(NC(=O)c2ccco2)cc1)c1cc(Cl)c2c(c1)OCCO2. The molecule has 2 N–H and O–H groups in total. The van der Waals surface area contributed by atoms with E-state index in [9.17, 15) is 9.59 Å². The number of halogens is 1. The number of anilines is 1. The molecule has 1 aromatic heterocycles. The highest BCUT2D eigenvalue weighted by Crippen LogP contribution is 2.38. The lowest BCUT2D eigenvalue weighted by atomic mass is 10.1. The maximum absolute atomic E-state index is 12.5. The molecule has 7 nitrogen and oxygen atoms in total. The monoisotopic (exact) mass is 412 g/mol. The van der Waals surface area contributed by atoms with Crippen molar-refractivity contribution in [1.29, 1.82) is 0 Å². The molecule has 29 heavy (non-hydrogen) atoms. The summed E-state index contributed by atoms with van der Waals surface area (Å²) < 4.78 is 16.0. The Labute approximate surface area is 171 Å². The van der Waals surface area contributed by atoms with E-state index in [-0.39, 0.29) is 17.6 Å². The van der Waals surface area contributed by atoms with Crippen LogP contribution < -0.4 is 20.1 Å². The minimum absolute atomic E-state index is 0.236. The molecule has 148 valence electrons. The van der Waals surface area contributed by atoms with Gasteiger partial charge in [-0.15, -0.1) is 0 Å². The van der Waals surface area contributed by atoms with Crippen LogP contribution in [0.15, 0.2) is 59.2 Å². The number of ether oxygens (including phenoxy) is 2. The highest BCUT2D eigenvalue weighted by Gasteiger charge is 2.19. The summed E-state index contributed by atoms with van der Waals surface area (Å²) >= 11 is 6.18. The molecule has 1 aliphatic heterocycles. The first-order valence-corrected chi connectivity index (χ1v) is 9.29. The van der Waals surface area contributed by atoms with Crippen LogP contribution in [0, 0.1) is 0 Å². The third-order valence-corrected chi connectivity index (χ3v) is 4.55. The molecular formula is C21H17ClN2O5. The van der Waals surface area contributed by atoms with Crippen molar-refractivity contribution in [3.63, 3.8) is 0 Å². The average molecular weight is 413 g/mol. The summed E-state index contributed by atoms with van der Waals surface area (Å²) in [6.07, 6.45) is 1.44. The van der Waals surface area contributed by atoms with Gasteiger partial charge >= 0.3 is 0 Å². The van der Waals surface area contributed by atoms with Crippen LogP contribution in [0.4, 0.5) is 5.69 Å². The fraction of sp³-hybridized carbons (Fsp3) is 0.143. The van der Waals surface area contributed by atoms with Gasteiger partial charge in [0.05, 0.1) is 11.3 Å². The second-order valence-electron chi connectivity index (χ2n) is 6.29. The predicted molar refractivity (Wildman–Crippen MR) is 107 cm³/mol. The molecule has 0 bridgehead atoms. The lowest BCUT2D eigenvalue weighted by molar-refractivity contribution is 0.0948. The fourth-order valence-corrected chi connectivity index (χ4v) is 3.10. The number of hydrogen-bond acceptors (Lipinski definition) is 5. The summed E-state index contributed by atoms with van der Waals surface area (Å²) in [5.41, 5.74) is 1.89. The molecule has 2 heterocycles. The minimum Gasteiger partial charge on any atom is -0.486 e. The number of rotatable bonds is 5. The highest BCUT2D eigenvalue weighted by molar-refractivity contribution is 6.32. The summed E-state index contributed by atoms with van der Waals surface area (Å²) in [5, 5.41) is 5.91. The fourth-order valence-electron chi connectivity index (χ4n) is 2.83. The molecule has 0 atom stereocenters. The number of furan rings is 1. The van der Waals surface area contributed by atoms with E-state index in [4.69, 9.17) is 25.5 Å². The van der Waals surface area contributed by atoms with E-state index in [1.54, 1.807) is 36.4 Å². The smallest absolute Gasteiger partial charge is 0.291 e. The Morgan fingerprint density at radius 1 is 1.00 bits per heavy atom. The summed E-state index contributed by atoms with van der Waals surface area (Å²) in [5.74, 6) is 0.553. The summed E-state index contributed by atoms with van der Waals surface area (Å²) in [7, 11) is 0. The van der Waals surface area contributed by atoms with Crippen LogP contribution in [-0.4, -0.2) is 25.0 Å². The second-order valence-corrected chi connectivity index (χ2v) is 6.70. The van der Waals surface area contributed by atoms with Crippen molar-refractivity contribution in [2.45, 2.75) is 6.54 Å². The number of carbonyl (C=O) groups excluding carboxylic acids is 2. The van der Waals surface area contributed by atoms with Gasteiger partial charge < -0.3 is 24.5 Å². The molecule has 1 aliphatic rings. The van der Waals surface area contributed by atoms with E-state index in [1.165, 1.54) is 6.26 Å². The molecule has 0 radical (unpaired) electrons. The lowest BCUT2D eigenvalue weighted by Crippen LogP contribution is -2.23. The van der Waals surface area contributed by atoms with E-state index in [0.29, 0.717) is 47.5 Å². The number of nitrogens with one attached hydrogen (secondary N) is 2. The number of fused-ring (bicyclic) bond motifs is 1. The molecule has 2 aromatic carbocycles. The zero-order chi connectivity index (χ0) is 20.2. The summed E-state index contributed by atoms with van der Waals surface area (Å²) in [6, 6.07) is 13.5. The van der Waals surface area contributed by atoms with E-state index in [1.807, 2.05) is 12.1 Å². The molecule has 0 saturated carbocycles. The highest BCUT2D eigenvalue weighted by atomic mass is 35.5. The van der Waals surface area contributed by atoms with Crippen LogP contribution in [-0.2, 0) is 6.54 Å². The maximum Gasteiger partial charge on any atom is 0.291 e.